The van der Waals surface area contributed by atoms with Crippen molar-refractivity contribution in [2.24, 2.45) is 5.10 Å². The van der Waals surface area contributed by atoms with Gasteiger partial charge in [0.05, 0.1) is 16.4 Å². The van der Waals surface area contributed by atoms with Gasteiger partial charge in [0, 0.05) is 23.4 Å². The maximum absolute atomic E-state index is 12.0. The van der Waals surface area contributed by atoms with E-state index in [-0.39, 0.29) is 17.3 Å². The second kappa shape index (κ2) is 9.23. The van der Waals surface area contributed by atoms with Crippen LogP contribution < -0.4 is 14.9 Å². The van der Waals surface area contributed by atoms with Gasteiger partial charge >= 0.3 is 0 Å². The lowest BCUT2D eigenvalue weighted by atomic mass is 10.1. The van der Waals surface area contributed by atoms with Crippen LogP contribution in [-0.2, 0) is 10.5 Å². The Balaban J connectivity index is 1.47. The fraction of sp³-hybridized carbons (Fsp3) is 0.263. The number of amides is 1. The van der Waals surface area contributed by atoms with Gasteiger partial charge in [0.1, 0.15) is 13.2 Å². The normalized spacial score (nSPS) is 13.1. The standard InChI is InChI=1S/C19H19N3O5S/c1-13(15-4-7-17-18(10-15)27-9-8-26-17)20-21-19(23)12-28-11-14-2-5-16(6-3-14)22(24)25/h2-7,10H,8-9,11-12H2,1H3,(H,21,23). The molecule has 1 amide bonds. The number of benzene rings is 2. The molecule has 0 atom stereocenters. The Morgan fingerprint density at radius 2 is 1.89 bits per heavy atom. The summed E-state index contributed by atoms with van der Waals surface area (Å²) in [7, 11) is 0. The molecule has 0 bridgehead atoms. The molecule has 1 aliphatic heterocycles. The molecule has 1 heterocycles. The van der Waals surface area contributed by atoms with E-state index in [4.69, 9.17) is 9.47 Å². The quantitative estimate of drug-likeness (QED) is 0.434. The number of fused-ring (bicyclic) bond motifs is 1. The first kappa shape index (κ1) is 19.7. The van der Waals surface area contributed by atoms with Crippen molar-refractivity contribution in [3.8, 4) is 11.5 Å². The van der Waals surface area contributed by atoms with Crippen molar-refractivity contribution in [1.82, 2.24) is 5.43 Å². The van der Waals surface area contributed by atoms with E-state index in [1.807, 2.05) is 18.2 Å². The van der Waals surface area contributed by atoms with Gasteiger partial charge in [0.25, 0.3) is 5.69 Å². The first-order valence-corrected chi connectivity index (χ1v) is 9.72. The number of nitro groups is 1. The molecular weight excluding hydrogens is 382 g/mol. The minimum Gasteiger partial charge on any atom is -0.486 e. The number of rotatable bonds is 7. The van der Waals surface area contributed by atoms with Crippen molar-refractivity contribution >= 4 is 29.1 Å². The van der Waals surface area contributed by atoms with Crippen LogP contribution in [-0.4, -0.2) is 35.5 Å². The van der Waals surface area contributed by atoms with E-state index in [2.05, 4.69) is 10.5 Å². The predicted octanol–water partition coefficient (Wildman–Crippen LogP) is 3.14. The maximum atomic E-state index is 12.0. The van der Waals surface area contributed by atoms with Gasteiger partial charge in [-0.15, -0.1) is 11.8 Å². The molecule has 0 fully saturated rings. The van der Waals surface area contributed by atoms with E-state index in [1.54, 1.807) is 19.1 Å². The van der Waals surface area contributed by atoms with Crippen molar-refractivity contribution in [3.63, 3.8) is 0 Å². The summed E-state index contributed by atoms with van der Waals surface area (Å²) >= 11 is 1.41. The average Bonchev–Trinajstić information content (AvgIpc) is 2.72. The number of nitrogens with one attached hydrogen (secondary N) is 1. The zero-order chi connectivity index (χ0) is 19.9. The van der Waals surface area contributed by atoms with Gasteiger partial charge in [0.15, 0.2) is 11.5 Å². The van der Waals surface area contributed by atoms with E-state index in [9.17, 15) is 14.9 Å². The molecule has 2 aromatic rings. The van der Waals surface area contributed by atoms with Crippen molar-refractivity contribution < 1.29 is 19.2 Å². The number of nitro benzene ring substituents is 1. The second-order valence-corrected chi connectivity index (χ2v) is 6.99. The molecule has 0 saturated heterocycles. The van der Waals surface area contributed by atoms with E-state index in [0.717, 1.165) is 11.1 Å². The molecule has 146 valence electrons. The van der Waals surface area contributed by atoms with Crippen molar-refractivity contribution in [2.45, 2.75) is 12.7 Å². The fourth-order valence-corrected chi connectivity index (χ4v) is 3.27. The highest BCUT2D eigenvalue weighted by molar-refractivity contribution is 7.99. The van der Waals surface area contributed by atoms with E-state index in [1.165, 1.54) is 23.9 Å². The Kier molecular flexibility index (Phi) is 6.49. The Morgan fingerprint density at radius 1 is 1.18 bits per heavy atom. The van der Waals surface area contributed by atoms with Crippen LogP contribution in [0.5, 0.6) is 11.5 Å². The third-order valence-electron chi connectivity index (χ3n) is 3.96. The Hall–Kier alpha value is -3.07. The number of hydrogen-bond acceptors (Lipinski definition) is 7. The van der Waals surface area contributed by atoms with Crippen LogP contribution in [0.2, 0.25) is 0 Å². The third-order valence-corrected chi connectivity index (χ3v) is 4.96. The zero-order valence-corrected chi connectivity index (χ0v) is 16.0. The summed E-state index contributed by atoms with van der Waals surface area (Å²) in [5, 5.41) is 14.8. The summed E-state index contributed by atoms with van der Waals surface area (Å²) in [6, 6.07) is 11.8. The maximum Gasteiger partial charge on any atom is 0.269 e. The Bertz CT molecular complexity index is 899. The molecule has 3 rings (SSSR count). The van der Waals surface area contributed by atoms with Crippen LogP contribution in [0.15, 0.2) is 47.6 Å². The van der Waals surface area contributed by atoms with Crippen molar-refractivity contribution in [3.05, 3.63) is 63.7 Å². The third kappa shape index (κ3) is 5.23. The van der Waals surface area contributed by atoms with E-state index >= 15 is 0 Å². The summed E-state index contributed by atoms with van der Waals surface area (Å²) in [5.74, 6) is 1.96. The van der Waals surface area contributed by atoms with Gasteiger partial charge < -0.3 is 9.47 Å². The highest BCUT2D eigenvalue weighted by Crippen LogP contribution is 2.30. The van der Waals surface area contributed by atoms with Crippen LogP contribution >= 0.6 is 11.8 Å². The number of non-ortho nitro benzene ring substituents is 1. The van der Waals surface area contributed by atoms with Gasteiger partial charge in [-0.3, -0.25) is 14.9 Å². The first-order valence-electron chi connectivity index (χ1n) is 8.57. The summed E-state index contributed by atoms with van der Waals surface area (Å²) in [4.78, 5) is 22.2. The van der Waals surface area contributed by atoms with Crippen LogP contribution in [0.25, 0.3) is 0 Å². The van der Waals surface area contributed by atoms with Crippen molar-refractivity contribution in [2.75, 3.05) is 19.0 Å². The molecule has 0 saturated carbocycles. The minimum atomic E-state index is -0.438. The van der Waals surface area contributed by atoms with Gasteiger partial charge in [0.2, 0.25) is 5.91 Å². The topological polar surface area (TPSA) is 103 Å². The van der Waals surface area contributed by atoms with Crippen LogP contribution in [0, 0.1) is 10.1 Å². The number of hydrogen-bond donors (Lipinski definition) is 1. The Labute approximate surface area is 166 Å². The number of carbonyl (C=O) groups excluding carboxylic acids is 1. The van der Waals surface area contributed by atoms with Gasteiger partial charge in [-0.1, -0.05) is 12.1 Å². The average molecular weight is 401 g/mol. The lowest BCUT2D eigenvalue weighted by Crippen LogP contribution is -2.21. The van der Waals surface area contributed by atoms with Crippen LogP contribution in [0.1, 0.15) is 18.1 Å². The summed E-state index contributed by atoms with van der Waals surface area (Å²) < 4.78 is 11.0. The summed E-state index contributed by atoms with van der Waals surface area (Å²) in [6.45, 7) is 2.85. The molecule has 0 radical (unpaired) electrons. The monoisotopic (exact) mass is 401 g/mol. The largest absolute Gasteiger partial charge is 0.486 e. The predicted molar refractivity (Wildman–Crippen MR) is 107 cm³/mol. The van der Waals surface area contributed by atoms with Crippen molar-refractivity contribution in [1.29, 1.82) is 0 Å². The minimum absolute atomic E-state index is 0.0513. The fourth-order valence-electron chi connectivity index (χ4n) is 2.49. The number of ether oxygens (including phenoxy) is 2. The summed E-state index contributed by atoms with van der Waals surface area (Å²) in [6.07, 6.45) is 0. The molecule has 0 aliphatic carbocycles. The lowest BCUT2D eigenvalue weighted by molar-refractivity contribution is -0.384. The molecule has 1 N–H and O–H groups in total. The lowest BCUT2D eigenvalue weighted by Gasteiger charge is -2.18. The molecule has 0 spiro atoms. The second-order valence-electron chi connectivity index (χ2n) is 6.01. The van der Waals surface area contributed by atoms with E-state index < -0.39 is 4.92 Å². The van der Waals surface area contributed by atoms with E-state index in [0.29, 0.717) is 36.2 Å². The molecule has 9 heteroatoms. The Morgan fingerprint density at radius 3 is 2.61 bits per heavy atom. The zero-order valence-electron chi connectivity index (χ0n) is 15.2. The molecule has 0 unspecified atom stereocenters. The number of carbonyl (C=O) groups is 1. The SMILES string of the molecule is CC(=NNC(=O)CSCc1ccc([N+](=O)[O-])cc1)c1ccc2c(c1)OCCO2. The molecule has 1 aliphatic rings. The number of thioether (sulfide) groups is 1. The van der Waals surface area contributed by atoms with Crippen LogP contribution in [0.3, 0.4) is 0 Å². The first-order chi connectivity index (χ1) is 13.5. The number of hydrazone groups is 1. The highest BCUT2D eigenvalue weighted by atomic mass is 32.2. The molecule has 8 nitrogen and oxygen atoms in total. The smallest absolute Gasteiger partial charge is 0.269 e. The molecule has 0 aromatic heterocycles. The van der Waals surface area contributed by atoms with Crippen LogP contribution in [0.4, 0.5) is 5.69 Å². The van der Waals surface area contributed by atoms with Gasteiger partial charge in [-0.25, -0.2) is 5.43 Å². The molecule has 28 heavy (non-hydrogen) atoms. The van der Waals surface area contributed by atoms with Gasteiger partial charge in [-0.2, -0.15) is 5.10 Å². The summed E-state index contributed by atoms with van der Waals surface area (Å²) in [5.41, 5.74) is 5.00. The van der Waals surface area contributed by atoms with Gasteiger partial charge in [-0.05, 0) is 30.7 Å². The highest BCUT2D eigenvalue weighted by Gasteiger charge is 2.13. The molecular formula is C19H19N3O5S. The molecule has 2 aromatic carbocycles. The number of nitrogens with zero attached hydrogens (tertiary/aromatic N) is 2.